The topological polar surface area (TPSA) is 16.6 Å². The van der Waals surface area contributed by atoms with Gasteiger partial charge >= 0.3 is 0 Å². The van der Waals surface area contributed by atoms with E-state index in [-0.39, 0.29) is 0 Å². The Morgan fingerprint density at radius 3 is 2.42 bits per heavy atom. The molecule has 1 aliphatic carbocycles. The Kier molecular flexibility index (Phi) is 4.67. The van der Waals surface area contributed by atoms with Crippen LogP contribution >= 0.6 is 0 Å². The van der Waals surface area contributed by atoms with Crippen molar-refractivity contribution in [3.05, 3.63) is 0 Å². The summed E-state index contributed by atoms with van der Waals surface area (Å²) in [4.78, 5) is 0. The summed E-state index contributed by atoms with van der Waals surface area (Å²) in [6.45, 7) is 3.70. The molecule has 1 saturated carbocycles. The second-order valence-electron chi connectivity index (χ2n) is 4.21. The van der Waals surface area contributed by atoms with Gasteiger partial charge < -0.3 is 5.32 Å². The van der Waals surface area contributed by atoms with Crippen molar-refractivity contribution in [1.29, 1.82) is 0 Å². The fourth-order valence-corrected chi connectivity index (χ4v) is 2.60. The molecule has 1 fully saturated rings. The molecule has 0 aromatic carbocycles. The van der Waals surface area contributed by atoms with Crippen LogP contribution in [0.4, 0.5) is 0 Å². The molecule has 0 aromatic heterocycles. The van der Waals surface area contributed by atoms with Gasteiger partial charge in [0, 0.05) is 5.92 Å². The summed E-state index contributed by atoms with van der Waals surface area (Å²) in [5.41, 5.74) is 0. The summed E-state index contributed by atoms with van der Waals surface area (Å²) in [6.07, 6.45) is 8.87. The van der Waals surface area contributed by atoms with Crippen LogP contribution in [0.25, 0.3) is 0 Å². The van der Waals surface area contributed by atoms with Crippen LogP contribution in [-0.2, 0) is 0 Å². The standard InChI is InChI=1S/C11H23N/c1-3-10(9-12-2)11-7-5-4-6-8-11/h10-12H,3-9H2,1-2H3/p+1/t10-/m0/s1. The quantitative estimate of drug-likeness (QED) is 0.662. The SMILES string of the molecule is CC[C@@H](C[NH2+]C)C1CCCCC1. The zero-order chi connectivity index (χ0) is 8.81. The Morgan fingerprint density at radius 2 is 1.92 bits per heavy atom. The van der Waals surface area contributed by atoms with Crippen LogP contribution in [0.5, 0.6) is 0 Å². The largest absolute Gasteiger partial charge is 0.348 e. The Morgan fingerprint density at radius 1 is 1.25 bits per heavy atom. The van der Waals surface area contributed by atoms with Crippen LogP contribution in [0.1, 0.15) is 45.4 Å². The number of hydrogen-bond donors (Lipinski definition) is 1. The van der Waals surface area contributed by atoms with Crippen molar-refractivity contribution in [3.8, 4) is 0 Å². The summed E-state index contributed by atoms with van der Waals surface area (Å²) in [6, 6.07) is 0. The fraction of sp³-hybridized carbons (Fsp3) is 1.00. The van der Waals surface area contributed by atoms with Gasteiger partial charge in [-0.15, -0.1) is 0 Å². The van der Waals surface area contributed by atoms with Crippen molar-refractivity contribution in [2.45, 2.75) is 45.4 Å². The van der Waals surface area contributed by atoms with Gasteiger partial charge in [0.15, 0.2) is 0 Å². The first-order valence-corrected chi connectivity index (χ1v) is 5.66. The molecule has 0 aromatic rings. The molecule has 0 aliphatic heterocycles. The van der Waals surface area contributed by atoms with Gasteiger partial charge in [-0.05, 0) is 25.2 Å². The molecule has 1 rings (SSSR count). The average Bonchev–Trinajstić information content (AvgIpc) is 2.15. The molecule has 0 spiro atoms. The second kappa shape index (κ2) is 5.58. The molecule has 1 atom stereocenters. The van der Waals surface area contributed by atoms with Crippen LogP contribution in [0, 0.1) is 11.8 Å². The van der Waals surface area contributed by atoms with Gasteiger partial charge in [0.1, 0.15) is 0 Å². The number of nitrogens with two attached hydrogens (primary N) is 1. The zero-order valence-corrected chi connectivity index (χ0v) is 8.68. The molecule has 0 heterocycles. The third-order valence-corrected chi connectivity index (χ3v) is 3.38. The normalized spacial score (nSPS) is 22.5. The lowest BCUT2D eigenvalue weighted by atomic mass is 9.79. The monoisotopic (exact) mass is 170 g/mol. The lowest BCUT2D eigenvalue weighted by molar-refractivity contribution is -0.634. The third-order valence-electron chi connectivity index (χ3n) is 3.38. The predicted molar refractivity (Wildman–Crippen MR) is 53.1 cm³/mol. The summed E-state index contributed by atoms with van der Waals surface area (Å²) >= 11 is 0. The molecule has 0 unspecified atom stereocenters. The molecule has 1 aliphatic rings. The molecule has 0 saturated heterocycles. The van der Waals surface area contributed by atoms with Gasteiger partial charge in [0.25, 0.3) is 0 Å². The predicted octanol–water partition coefficient (Wildman–Crippen LogP) is 1.79. The van der Waals surface area contributed by atoms with Crippen molar-refractivity contribution in [2.75, 3.05) is 13.6 Å². The molecule has 0 bridgehead atoms. The zero-order valence-electron chi connectivity index (χ0n) is 8.68. The van der Waals surface area contributed by atoms with Crippen molar-refractivity contribution >= 4 is 0 Å². The highest BCUT2D eigenvalue weighted by molar-refractivity contribution is 4.72. The summed E-state index contributed by atoms with van der Waals surface area (Å²) in [7, 11) is 2.20. The van der Waals surface area contributed by atoms with E-state index in [0.717, 1.165) is 11.8 Å². The van der Waals surface area contributed by atoms with Crippen LogP contribution in [-0.4, -0.2) is 13.6 Å². The van der Waals surface area contributed by atoms with Gasteiger partial charge in [-0.1, -0.05) is 26.2 Å². The van der Waals surface area contributed by atoms with Gasteiger partial charge in [0.2, 0.25) is 0 Å². The Balaban J connectivity index is 2.29. The molecule has 72 valence electrons. The van der Waals surface area contributed by atoms with Crippen molar-refractivity contribution < 1.29 is 5.32 Å². The molecule has 1 heteroatoms. The van der Waals surface area contributed by atoms with Crippen molar-refractivity contribution in [3.63, 3.8) is 0 Å². The van der Waals surface area contributed by atoms with E-state index in [9.17, 15) is 0 Å². The van der Waals surface area contributed by atoms with E-state index >= 15 is 0 Å². The van der Waals surface area contributed by atoms with E-state index in [4.69, 9.17) is 0 Å². The molecule has 0 amide bonds. The summed E-state index contributed by atoms with van der Waals surface area (Å²) in [5, 5.41) is 2.35. The lowest BCUT2D eigenvalue weighted by Gasteiger charge is -2.28. The first kappa shape index (κ1) is 10.0. The molecule has 12 heavy (non-hydrogen) atoms. The molecule has 0 radical (unpaired) electrons. The fourth-order valence-electron chi connectivity index (χ4n) is 2.60. The summed E-state index contributed by atoms with van der Waals surface area (Å²) < 4.78 is 0. The second-order valence-corrected chi connectivity index (χ2v) is 4.21. The highest BCUT2D eigenvalue weighted by Gasteiger charge is 2.22. The maximum Gasteiger partial charge on any atom is 0.0784 e. The molecule has 2 N–H and O–H groups in total. The van der Waals surface area contributed by atoms with Crippen LogP contribution < -0.4 is 5.32 Å². The van der Waals surface area contributed by atoms with E-state index in [1.165, 1.54) is 45.1 Å². The third kappa shape index (κ3) is 2.78. The van der Waals surface area contributed by atoms with E-state index in [1.54, 1.807) is 0 Å². The molecular formula is C11H24N+. The first-order valence-electron chi connectivity index (χ1n) is 5.66. The maximum absolute atomic E-state index is 2.35. The summed E-state index contributed by atoms with van der Waals surface area (Å²) in [5.74, 6) is 2.05. The minimum atomic E-state index is 0.996. The van der Waals surface area contributed by atoms with E-state index in [0.29, 0.717) is 0 Å². The molecule has 1 nitrogen and oxygen atoms in total. The molecular weight excluding hydrogens is 146 g/mol. The maximum atomic E-state index is 2.35. The minimum Gasteiger partial charge on any atom is -0.348 e. The van der Waals surface area contributed by atoms with Gasteiger partial charge in [0.05, 0.1) is 13.6 Å². The van der Waals surface area contributed by atoms with Gasteiger partial charge in [-0.25, -0.2) is 0 Å². The van der Waals surface area contributed by atoms with E-state index in [2.05, 4.69) is 19.3 Å². The number of quaternary nitrogens is 1. The van der Waals surface area contributed by atoms with Crippen LogP contribution in [0.2, 0.25) is 0 Å². The Labute approximate surface area is 76.9 Å². The number of hydrogen-bond acceptors (Lipinski definition) is 0. The Bertz CT molecular complexity index is 103. The lowest BCUT2D eigenvalue weighted by Crippen LogP contribution is -2.81. The van der Waals surface area contributed by atoms with Gasteiger partial charge in [-0.2, -0.15) is 0 Å². The van der Waals surface area contributed by atoms with Crippen molar-refractivity contribution in [2.24, 2.45) is 11.8 Å². The van der Waals surface area contributed by atoms with Crippen molar-refractivity contribution in [1.82, 2.24) is 0 Å². The first-order chi connectivity index (χ1) is 5.88. The van der Waals surface area contributed by atoms with Crippen LogP contribution in [0.15, 0.2) is 0 Å². The highest BCUT2D eigenvalue weighted by Crippen LogP contribution is 2.30. The number of rotatable bonds is 4. The smallest absolute Gasteiger partial charge is 0.0784 e. The van der Waals surface area contributed by atoms with E-state index < -0.39 is 0 Å². The highest BCUT2D eigenvalue weighted by atomic mass is 14.8. The van der Waals surface area contributed by atoms with Crippen LogP contribution in [0.3, 0.4) is 0 Å². The van der Waals surface area contributed by atoms with Gasteiger partial charge in [-0.3, -0.25) is 0 Å². The Hall–Kier alpha value is -0.0400. The van der Waals surface area contributed by atoms with E-state index in [1.807, 2.05) is 0 Å². The average molecular weight is 170 g/mol. The minimum absolute atomic E-state index is 0.996.